The van der Waals surface area contributed by atoms with Gasteiger partial charge in [0, 0.05) is 77.6 Å². The summed E-state index contributed by atoms with van der Waals surface area (Å²) in [5, 5.41) is 6.76. The van der Waals surface area contributed by atoms with E-state index in [-0.39, 0.29) is 6.71 Å². The summed E-state index contributed by atoms with van der Waals surface area (Å²) in [4.78, 5) is 5.11. The second kappa shape index (κ2) is 21.5. The Bertz CT molecular complexity index is 5760. The SMILES string of the molecule is c1ccc(-c2ccc(N3c4cc(-c5cc(-c6ccccc6)cc6c5oc5ccccc56)ccc4B4c5ccc(-c6cc(-c7ccccc7)cc7c6oc6ccccc67)cc5N(c5ccc(-c6ccccc6)cc5)c5cc(-n6c7ccccc7c7ccccc76)cc3c54)cc2)cc1. The summed E-state index contributed by atoms with van der Waals surface area (Å²) in [7, 11) is 0. The smallest absolute Gasteiger partial charge is 0.252 e. The van der Waals surface area contributed by atoms with Crippen LogP contribution in [0.2, 0.25) is 0 Å². The summed E-state index contributed by atoms with van der Waals surface area (Å²) in [5.41, 5.74) is 30.2. The van der Waals surface area contributed by atoms with E-state index in [1.807, 2.05) is 0 Å². The van der Waals surface area contributed by atoms with Crippen LogP contribution in [0.5, 0.6) is 0 Å². The molecule has 0 spiro atoms. The van der Waals surface area contributed by atoms with Crippen molar-refractivity contribution >= 4 is 123 Å². The van der Waals surface area contributed by atoms with Crippen molar-refractivity contribution in [2.75, 3.05) is 9.80 Å². The molecule has 0 radical (unpaired) electrons. The van der Waals surface area contributed by atoms with Crippen molar-refractivity contribution in [2.45, 2.75) is 0 Å². The third-order valence-corrected chi connectivity index (χ3v) is 20.2. The fourth-order valence-electron chi connectivity index (χ4n) is 15.7. The number of hydrogen-bond donors (Lipinski definition) is 0. The molecule has 15 aromatic carbocycles. The average molecular weight is 1220 g/mol. The van der Waals surface area contributed by atoms with Gasteiger partial charge in [-0.05, 0) is 169 Å². The number of hydrogen-bond acceptors (Lipinski definition) is 4. The molecule has 0 aliphatic carbocycles. The number of furan rings is 2. The number of rotatable bonds is 9. The monoisotopic (exact) mass is 1220 g/mol. The maximum atomic E-state index is 7.02. The standard InChI is InChI=1S/C90H56BN3O2/c1-5-21-57(22-6-1)61-37-43-67(44-38-61)92-82-53-63(74-49-65(59-25-9-3-10-26-59)51-76-72-31-15-19-35-86(72)95-89(74)76)41-47-78(82)91-79-48-42-64(75-50-66(60-27-11-4-12-28-60)52-77-73-32-16-20-36-87(73)96-90(75)77)54-83(79)93(68-45-39-62(40-46-68)58-23-7-2-8-24-58)85-56-69(55-84(92)88(85)91)94-80-33-17-13-29-70(80)71-30-14-18-34-81(71)94/h1-56H. The number of para-hydroxylation sites is 4. The lowest BCUT2D eigenvalue weighted by Gasteiger charge is -2.44. The number of anilines is 6. The summed E-state index contributed by atoms with van der Waals surface area (Å²) in [6.07, 6.45) is 0. The first-order valence-corrected chi connectivity index (χ1v) is 33.0. The largest absolute Gasteiger partial charge is 0.455 e. The van der Waals surface area contributed by atoms with Crippen LogP contribution in [-0.4, -0.2) is 11.3 Å². The fourth-order valence-corrected chi connectivity index (χ4v) is 15.7. The Kier molecular flexibility index (Phi) is 12.1. The quantitative estimate of drug-likeness (QED) is 0.135. The van der Waals surface area contributed by atoms with Gasteiger partial charge in [0.2, 0.25) is 0 Å². The van der Waals surface area contributed by atoms with Gasteiger partial charge in [0.15, 0.2) is 0 Å². The first-order valence-electron chi connectivity index (χ1n) is 33.0. The van der Waals surface area contributed by atoms with E-state index in [1.54, 1.807) is 0 Å². The van der Waals surface area contributed by atoms with Crippen LogP contribution >= 0.6 is 0 Å². The number of aromatic nitrogens is 1. The maximum Gasteiger partial charge on any atom is 0.252 e. The molecule has 0 fully saturated rings. The average Bonchev–Trinajstić information content (AvgIpc) is 0.727. The molecule has 446 valence electrons. The molecule has 0 saturated heterocycles. The minimum absolute atomic E-state index is 0.223. The van der Waals surface area contributed by atoms with Crippen LogP contribution in [0, 0.1) is 0 Å². The van der Waals surface area contributed by atoms with Crippen LogP contribution in [0.1, 0.15) is 0 Å². The molecule has 5 nitrogen and oxygen atoms in total. The summed E-state index contributed by atoms with van der Waals surface area (Å²) in [5.74, 6) is 0. The Balaban J connectivity index is 0.898. The van der Waals surface area contributed by atoms with Gasteiger partial charge < -0.3 is 23.2 Å². The number of fused-ring (bicyclic) bond motifs is 13. The molecule has 0 bridgehead atoms. The van der Waals surface area contributed by atoms with Crippen LogP contribution in [0.3, 0.4) is 0 Å². The van der Waals surface area contributed by atoms with E-state index in [4.69, 9.17) is 8.83 Å². The van der Waals surface area contributed by atoms with Crippen LogP contribution in [-0.2, 0) is 0 Å². The zero-order valence-corrected chi connectivity index (χ0v) is 52.1. The highest BCUT2D eigenvalue weighted by Crippen LogP contribution is 2.50. The van der Waals surface area contributed by atoms with Gasteiger partial charge in [-0.15, -0.1) is 0 Å². The Morgan fingerprint density at radius 1 is 0.229 bits per heavy atom. The molecule has 6 heteroatoms. The van der Waals surface area contributed by atoms with Gasteiger partial charge in [-0.1, -0.05) is 243 Å². The minimum atomic E-state index is -0.223. The zero-order valence-electron chi connectivity index (χ0n) is 52.1. The Morgan fingerprint density at radius 2 is 0.573 bits per heavy atom. The molecular formula is C90H56BN3O2. The predicted molar refractivity (Wildman–Crippen MR) is 402 cm³/mol. The summed E-state index contributed by atoms with van der Waals surface area (Å²) >= 11 is 0. The van der Waals surface area contributed by atoms with E-state index in [9.17, 15) is 0 Å². The van der Waals surface area contributed by atoms with Crippen molar-refractivity contribution in [1.82, 2.24) is 4.57 Å². The topological polar surface area (TPSA) is 37.7 Å². The molecule has 0 saturated carbocycles. The molecule has 20 rings (SSSR count). The van der Waals surface area contributed by atoms with E-state index in [0.717, 1.165) is 150 Å². The first-order chi connectivity index (χ1) is 47.6. The van der Waals surface area contributed by atoms with Crippen LogP contribution in [0.4, 0.5) is 34.1 Å². The highest BCUT2D eigenvalue weighted by atomic mass is 16.3. The Hall–Kier alpha value is -12.6. The molecule has 5 heterocycles. The zero-order chi connectivity index (χ0) is 63.0. The fraction of sp³-hybridized carbons (Fsp3) is 0. The van der Waals surface area contributed by atoms with Crippen LogP contribution in [0.25, 0.3) is 138 Å². The molecule has 18 aromatic rings. The first kappa shape index (κ1) is 54.0. The second-order valence-electron chi connectivity index (χ2n) is 25.5. The molecule has 0 unspecified atom stereocenters. The van der Waals surface area contributed by atoms with Crippen molar-refractivity contribution in [2.24, 2.45) is 0 Å². The molecule has 2 aliphatic rings. The van der Waals surface area contributed by atoms with Gasteiger partial charge >= 0.3 is 0 Å². The Labute approximate surface area is 554 Å². The molecule has 3 aromatic heterocycles. The van der Waals surface area contributed by atoms with Crippen molar-refractivity contribution in [3.8, 4) is 72.4 Å². The third-order valence-electron chi connectivity index (χ3n) is 20.2. The number of benzene rings is 15. The third kappa shape index (κ3) is 8.45. The highest BCUT2D eigenvalue weighted by Gasteiger charge is 2.44. The lowest BCUT2D eigenvalue weighted by atomic mass is 9.33. The van der Waals surface area contributed by atoms with Crippen molar-refractivity contribution in [1.29, 1.82) is 0 Å². The molecule has 0 N–H and O–H groups in total. The highest BCUT2D eigenvalue weighted by molar-refractivity contribution is 7.00. The molecule has 0 amide bonds. The van der Waals surface area contributed by atoms with Gasteiger partial charge in [-0.25, -0.2) is 0 Å². The van der Waals surface area contributed by atoms with Crippen molar-refractivity contribution in [3.05, 3.63) is 340 Å². The summed E-state index contributed by atoms with van der Waals surface area (Å²) in [6, 6.07) is 125. The van der Waals surface area contributed by atoms with E-state index in [2.05, 4.69) is 354 Å². The molecule has 0 atom stereocenters. The van der Waals surface area contributed by atoms with Gasteiger partial charge in [0.1, 0.15) is 22.3 Å². The van der Waals surface area contributed by atoms with Crippen LogP contribution in [0.15, 0.2) is 349 Å². The summed E-state index contributed by atoms with van der Waals surface area (Å²) < 4.78 is 16.5. The summed E-state index contributed by atoms with van der Waals surface area (Å²) in [6.45, 7) is -0.223. The molecular weight excluding hydrogens is 1170 g/mol. The van der Waals surface area contributed by atoms with E-state index in [0.29, 0.717) is 0 Å². The molecule has 2 aliphatic heterocycles. The lowest BCUT2D eigenvalue weighted by molar-refractivity contribution is 0.669. The maximum absolute atomic E-state index is 7.02. The van der Waals surface area contributed by atoms with E-state index in [1.165, 1.54) is 38.3 Å². The van der Waals surface area contributed by atoms with Gasteiger partial charge in [0.05, 0.1) is 16.7 Å². The second-order valence-corrected chi connectivity index (χ2v) is 25.5. The van der Waals surface area contributed by atoms with E-state index < -0.39 is 0 Å². The van der Waals surface area contributed by atoms with Crippen LogP contribution < -0.4 is 26.2 Å². The molecule has 96 heavy (non-hydrogen) atoms. The Morgan fingerprint density at radius 3 is 0.990 bits per heavy atom. The van der Waals surface area contributed by atoms with Gasteiger partial charge in [-0.3, -0.25) is 0 Å². The van der Waals surface area contributed by atoms with Gasteiger partial charge in [-0.2, -0.15) is 0 Å². The van der Waals surface area contributed by atoms with E-state index >= 15 is 0 Å². The van der Waals surface area contributed by atoms with Crippen molar-refractivity contribution < 1.29 is 8.83 Å². The predicted octanol–water partition coefficient (Wildman–Crippen LogP) is 22.7. The minimum Gasteiger partial charge on any atom is -0.455 e. The number of nitrogens with zero attached hydrogens (tertiary/aromatic N) is 3. The lowest BCUT2D eigenvalue weighted by Crippen LogP contribution is -2.61. The normalized spacial score (nSPS) is 12.5. The van der Waals surface area contributed by atoms with Crippen molar-refractivity contribution in [3.63, 3.8) is 0 Å². The van der Waals surface area contributed by atoms with Gasteiger partial charge in [0.25, 0.3) is 6.71 Å².